The molecule has 2 heterocycles. The van der Waals surface area contributed by atoms with E-state index in [0.717, 1.165) is 30.7 Å². The SMILES string of the molecule is Cc1nn(C)c(C)c1CCC(N)Cc1ccn(C)n1. The summed E-state index contributed by atoms with van der Waals surface area (Å²) in [5, 5.41) is 8.80. The van der Waals surface area contributed by atoms with Crippen LogP contribution in [0.4, 0.5) is 0 Å². The quantitative estimate of drug-likeness (QED) is 0.881. The summed E-state index contributed by atoms with van der Waals surface area (Å²) in [7, 11) is 3.91. The van der Waals surface area contributed by atoms with Crippen LogP contribution in [0.2, 0.25) is 0 Å². The summed E-state index contributed by atoms with van der Waals surface area (Å²) in [5.74, 6) is 0. The van der Waals surface area contributed by atoms with Gasteiger partial charge < -0.3 is 5.73 Å². The molecule has 1 atom stereocenters. The molecule has 5 nitrogen and oxygen atoms in total. The van der Waals surface area contributed by atoms with Crippen molar-refractivity contribution in [2.24, 2.45) is 19.8 Å². The monoisotopic (exact) mass is 261 g/mol. The Kier molecular flexibility index (Phi) is 4.04. The lowest BCUT2D eigenvalue weighted by Gasteiger charge is -2.10. The molecule has 0 aromatic carbocycles. The Bertz CT molecular complexity index is 552. The minimum absolute atomic E-state index is 0.147. The predicted molar refractivity (Wildman–Crippen MR) is 75.9 cm³/mol. The maximum absolute atomic E-state index is 6.19. The van der Waals surface area contributed by atoms with Gasteiger partial charge in [0.1, 0.15) is 0 Å². The second-order valence-corrected chi connectivity index (χ2v) is 5.26. The smallest absolute Gasteiger partial charge is 0.0639 e. The average Bonchev–Trinajstić information content (AvgIpc) is 2.83. The molecule has 2 rings (SSSR count). The Labute approximate surface area is 114 Å². The highest BCUT2D eigenvalue weighted by atomic mass is 15.3. The van der Waals surface area contributed by atoms with Crippen molar-refractivity contribution >= 4 is 0 Å². The van der Waals surface area contributed by atoms with E-state index in [2.05, 4.69) is 24.0 Å². The van der Waals surface area contributed by atoms with Crippen LogP contribution >= 0.6 is 0 Å². The van der Waals surface area contributed by atoms with Gasteiger partial charge in [0.25, 0.3) is 0 Å². The summed E-state index contributed by atoms with van der Waals surface area (Å²) in [5.41, 5.74) is 10.9. The average molecular weight is 261 g/mol. The molecule has 0 amide bonds. The van der Waals surface area contributed by atoms with Gasteiger partial charge in [-0.2, -0.15) is 10.2 Å². The highest BCUT2D eigenvalue weighted by molar-refractivity contribution is 5.24. The van der Waals surface area contributed by atoms with Crippen molar-refractivity contribution in [1.29, 1.82) is 0 Å². The molecule has 1 unspecified atom stereocenters. The maximum atomic E-state index is 6.19. The van der Waals surface area contributed by atoms with Crippen molar-refractivity contribution in [3.05, 3.63) is 34.9 Å². The van der Waals surface area contributed by atoms with E-state index in [1.165, 1.54) is 11.3 Å². The molecule has 0 aliphatic heterocycles. The fourth-order valence-electron chi connectivity index (χ4n) is 2.45. The van der Waals surface area contributed by atoms with Gasteiger partial charge >= 0.3 is 0 Å². The molecular formula is C14H23N5. The molecule has 0 aliphatic carbocycles. The van der Waals surface area contributed by atoms with Crippen LogP contribution < -0.4 is 5.73 Å². The standard InChI is InChI=1S/C14H23N5/c1-10-14(11(2)19(4)16-10)6-5-12(15)9-13-7-8-18(3)17-13/h7-8,12H,5-6,9,15H2,1-4H3. The van der Waals surface area contributed by atoms with Crippen LogP contribution in [0.5, 0.6) is 0 Å². The number of hydrogen-bond acceptors (Lipinski definition) is 3. The Morgan fingerprint density at radius 3 is 2.53 bits per heavy atom. The largest absolute Gasteiger partial charge is 0.327 e. The Hall–Kier alpha value is -1.62. The van der Waals surface area contributed by atoms with Crippen LogP contribution in [0.15, 0.2) is 12.3 Å². The van der Waals surface area contributed by atoms with Crippen LogP contribution in [-0.4, -0.2) is 25.6 Å². The molecule has 2 aromatic heterocycles. The van der Waals surface area contributed by atoms with E-state index >= 15 is 0 Å². The van der Waals surface area contributed by atoms with Crippen LogP contribution in [-0.2, 0) is 26.9 Å². The first kappa shape index (κ1) is 13.8. The van der Waals surface area contributed by atoms with E-state index in [4.69, 9.17) is 5.73 Å². The zero-order chi connectivity index (χ0) is 14.0. The summed E-state index contributed by atoms with van der Waals surface area (Å²) >= 11 is 0. The van der Waals surface area contributed by atoms with E-state index in [9.17, 15) is 0 Å². The second-order valence-electron chi connectivity index (χ2n) is 5.26. The third kappa shape index (κ3) is 3.23. The van der Waals surface area contributed by atoms with Gasteiger partial charge in [-0.05, 0) is 38.3 Å². The van der Waals surface area contributed by atoms with Crippen molar-refractivity contribution in [3.63, 3.8) is 0 Å². The minimum Gasteiger partial charge on any atom is -0.327 e. The molecule has 0 fully saturated rings. The van der Waals surface area contributed by atoms with Crippen molar-refractivity contribution in [2.75, 3.05) is 0 Å². The molecule has 0 aliphatic rings. The molecule has 5 heteroatoms. The van der Waals surface area contributed by atoms with Gasteiger partial charge in [-0.3, -0.25) is 9.36 Å². The fourth-order valence-corrected chi connectivity index (χ4v) is 2.45. The molecule has 0 saturated carbocycles. The zero-order valence-electron chi connectivity index (χ0n) is 12.2. The van der Waals surface area contributed by atoms with Crippen molar-refractivity contribution < 1.29 is 0 Å². The Morgan fingerprint density at radius 1 is 1.26 bits per heavy atom. The number of nitrogens with zero attached hydrogens (tertiary/aromatic N) is 4. The fraction of sp³-hybridized carbons (Fsp3) is 0.571. The van der Waals surface area contributed by atoms with Gasteiger partial charge in [0.2, 0.25) is 0 Å². The van der Waals surface area contributed by atoms with Crippen LogP contribution in [0.1, 0.15) is 29.1 Å². The van der Waals surface area contributed by atoms with E-state index < -0.39 is 0 Å². The third-order valence-electron chi connectivity index (χ3n) is 3.66. The number of aromatic nitrogens is 4. The summed E-state index contributed by atoms with van der Waals surface area (Å²) < 4.78 is 3.76. The van der Waals surface area contributed by atoms with Crippen LogP contribution in [0, 0.1) is 13.8 Å². The lowest BCUT2D eigenvalue weighted by molar-refractivity contribution is 0.593. The minimum atomic E-state index is 0.147. The topological polar surface area (TPSA) is 61.7 Å². The highest BCUT2D eigenvalue weighted by Crippen LogP contribution is 2.15. The molecule has 2 N–H and O–H groups in total. The number of nitrogens with two attached hydrogens (primary N) is 1. The third-order valence-corrected chi connectivity index (χ3v) is 3.66. The molecule has 0 saturated heterocycles. The van der Waals surface area contributed by atoms with E-state index in [0.29, 0.717) is 0 Å². The first-order valence-electron chi connectivity index (χ1n) is 6.70. The van der Waals surface area contributed by atoms with Gasteiger partial charge in [0.05, 0.1) is 11.4 Å². The van der Waals surface area contributed by atoms with Crippen LogP contribution in [0.3, 0.4) is 0 Å². The molecular weight excluding hydrogens is 238 g/mol. The van der Waals surface area contributed by atoms with Gasteiger partial charge in [0.15, 0.2) is 0 Å². The number of hydrogen-bond donors (Lipinski definition) is 1. The summed E-state index contributed by atoms with van der Waals surface area (Å²) in [6.07, 6.45) is 4.74. The van der Waals surface area contributed by atoms with E-state index in [1.54, 1.807) is 0 Å². The maximum Gasteiger partial charge on any atom is 0.0639 e. The van der Waals surface area contributed by atoms with Gasteiger partial charge in [-0.1, -0.05) is 0 Å². The van der Waals surface area contributed by atoms with Crippen molar-refractivity contribution in [3.8, 4) is 0 Å². The number of aryl methyl sites for hydroxylation is 3. The molecule has 2 aromatic rings. The van der Waals surface area contributed by atoms with Crippen molar-refractivity contribution in [2.45, 2.75) is 39.2 Å². The predicted octanol–water partition coefficient (Wildman–Crippen LogP) is 1.27. The summed E-state index contributed by atoms with van der Waals surface area (Å²) in [4.78, 5) is 0. The highest BCUT2D eigenvalue weighted by Gasteiger charge is 2.12. The second kappa shape index (κ2) is 5.57. The number of rotatable bonds is 5. The zero-order valence-corrected chi connectivity index (χ0v) is 12.2. The molecule has 0 bridgehead atoms. The molecule has 0 spiro atoms. The molecule has 0 radical (unpaired) electrons. The summed E-state index contributed by atoms with van der Waals surface area (Å²) in [6, 6.07) is 2.18. The Balaban J connectivity index is 1.91. The Morgan fingerprint density at radius 2 is 2.00 bits per heavy atom. The van der Waals surface area contributed by atoms with Crippen molar-refractivity contribution in [1.82, 2.24) is 19.6 Å². The van der Waals surface area contributed by atoms with Crippen LogP contribution in [0.25, 0.3) is 0 Å². The van der Waals surface area contributed by atoms with Gasteiger partial charge in [-0.15, -0.1) is 0 Å². The molecule has 19 heavy (non-hydrogen) atoms. The summed E-state index contributed by atoms with van der Waals surface area (Å²) in [6.45, 7) is 4.17. The van der Waals surface area contributed by atoms with E-state index in [-0.39, 0.29) is 6.04 Å². The normalized spacial score (nSPS) is 12.9. The first-order chi connectivity index (χ1) is 8.97. The lowest BCUT2D eigenvalue weighted by Crippen LogP contribution is -2.24. The first-order valence-corrected chi connectivity index (χ1v) is 6.70. The van der Waals surface area contributed by atoms with Gasteiger partial charge in [-0.25, -0.2) is 0 Å². The van der Waals surface area contributed by atoms with E-state index in [1.807, 2.05) is 35.7 Å². The lowest BCUT2D eigenvalue weighted by atomic mass is 10.0. The molecule has 104 valence electrons. The van der Waals surface area contributed by atoms with Gasteiger partial charge in [0, 0.05) is 38.4 Å².